The third-order valence-corrected chi connectivity index (χ3v) is 6.35. The Morgan fingerprint density at radius 2 is 1.78 bits per heavy atom. The molecule has 2 aliphatic rings. The lowest BCUT2D eigenvalue weighted by molar-refractivity contribution is -0.134. The average molecular weight is 499 g/mol. The van der Waals surface area contributed by atoms with Crippen molar-refractivity contribution in [3.63, 3.8) is 0 Å². The number of carbonyl (C=O) groups excluding carboxylic acids is 2. The van der Waals surface area contributed by atoms with Crippen LogP contribution in [0.25, 0.3) is 0 Å². The summed E-state index contributed by atoms with van der Waals surface area (Å²) in [6, 6.07) is 9.73. The molecule has 0 bridgehead atoms. The molecule has 3 amide bonds. The lowest BCUT2D eigenvalue weighted by atomic mass is 10.0. The van der Waals surface area contributed by atoms with Crippen LogP contribution in [0.5, 0.6) is 17.2 Å². The molecule has 36 heavy (non-hydrogen) atoms. The van der Waals surface area contributed by atoms with Crippen LogP contribution >= 0.6 is 0 Å². The molecule has 0 radical (unpaired) electrons. The highest BCUT2D eigenvalue weighted by molar-refractivity contribution is 6.00. The summed E-state index contributed by atoms with van der Waals surface area (Å²) in [7, 11) is 3.96. The summed E-state index contributed by atoms with van der Waals surface area (Å²) in [6.45, 7) is 5.09. The van der Waals surface area contributed by atoms with Crippen molar-refractivity contribution in [1.82, 2.24) is 9.80 Å². The van der Waals surface area contributed by atoms with E-state index in [9.17, 15) is 14.7 Å². The fraction of sp³-hybridized carbons (Fsp3) is 0.462. The van der Waals surface area contributed by atoms with Gasteiger partial charge < -0.3 is 39.8 Å². The maximum atomic E-state index is 13.3. The van der Waals surface area contributed by atoms with Crippen molar-refractivity contribution in [3.8, 4) is 17.2 Å². The quantitative estimate of drug-likeness (QED) is 0.561. The van der Waals surface area contributed by atoms with E-state index in [2.05, 4.69) is 22.5 Å². The number of fused-ring (bicyclic) bond motifs is 2. The summed E-state index contributed by atoms with van der Waals surface area (Å²) < 4.78 is 17.1. The van der Waals surface area contributed by atoms with E-state index in [1.54, 1.807) is 41.3 Å². The number of aliphatic hydroxyl groups excluding tert-OH is 1. The van der Waals surface area contributed by atoms with Crippen molar-refractivity contribution >= 4 is 23.3 Å². The van der Waals surface area contributed by atoms with Gasteiger partial charge in [-0.3, -0.25) is 4.79 Å². The van der Waals surface area contributed by atoms with Crippen molar-refractivity contribution < 1.29 is 28.9 Å². The number of aliphatic hydroxyl groups is 1. The van der Waals surface area contributed by atoms with Crippen molar-refractivity contribution in [3.05, 3.63) is 42.0 Å². The van der Waals surface area contributed by atoms with Gasteiger partial charge in [0.25, 0.3) is 0 Å². The minimum Gasteiger partial charge on any atom is -0.488 e. The van der Waals surface area contributed by atoms with E-state index in [0.29, 0.717) is 47.3 Å². The molecule has 194 valence electrons. The van der Waals surface area contributed by atoms with E-state index in [0.717, 1.165) is 0 Å². The maximum absolute atomic E-state index is 13.3. The molecule has 0 aromatic heterocycles. The largest absolute Gasteiger partial charge is 0.488 e. The number of hydrogen-bond acceptors (Lipinski definition) is 7. The highest BCUT2D eigenvalue weighted by Gasteiger charge is 2.30. The number of rotatable bonds is 6. The van der Waals surface area contributed by atoms with Gasteiger partial charge >= 0.3 is 6.03 Å². The zero-order valence-electron chi connectivity index (χ0n) is 21.1. The van der Waals surface area contributed by atoms with Gasteiger partial charge in [0.2, 0.25) is 12.7 Å². The number of ether oxygens (including phenoxy) is 3. The second-order valence-corrected chi connectivity index (χ2v) is 9.62. The zero-order valence-corrected chi connectivity index (χ0v) is 21.1. The molecule has 2 aromatic rings. The topological polar surface area (TPSA) is 113 Å². The summed E-state index contributed by atoms with van der Waals surface area (Å²) >= 11 is 0. The van der Waals surface area contributed by atoms with Gasteiger partial charge in [0, 0.05) is 42.0 Å². The van der Waals surface area contributed by atoms with Crippen molar-refractivity contribution in [2.24, 2.45) is 5.92 Å². The summed E-state index contributed by atoms with van der Waals surface area (Å²) in [5.41, 5.74) is 1.77. The second-order valence-electron chi connectivity index (χ2n) is 9.62. The Hall–Kier alpha value is -3.50. The SMILES string of the molecule is C[C@@H]1CN([C@H](C)CO)C(=O)Cc2cc(NC(=O)Nc3ccc4c(c3)OCO4)ccc2O[C@@H]1CN(C)C. The molecule has 10 nitrogen and oxygen atoms in total. The molecule has 0 saturated heterocycles. The second kappa shape index (κ2) is 11.0. The number of nitrogens with zero attached hydrogens (tertiary/aromatic N) is 2. The Bertz CT molecular complexity index is 1110. The van der Waals surface area contributed by atoms with Crippen molar-refractivity contribution in [2.75, 3.05) is 51.2 Å². The molecular formula is C26H34N4O6. The van der Waals surface area contributed by atoms with Crippen LogP contribution in [0.3, 0.4) is 0 Å². The Morgan fingerprint density at radius 3 is 2.47 bits per heavy atom. The standard InChI is InChI=1S/C26H34N4O6/c1-16-12-30(17(2)14-31)25(32)10-18-9-19(5-7-21(18)36-24(16)13-29(3)4)27-26(33)28-20-6-8-22-23(11-20)35-15-34-22/h5-9,11,16-17,24,31H,10,12-15H2,1-4H3,(H2,27,28,33)/t16-,17-,24-/m1/s1. The first kappa shape index (κ1) is 25.6. The fourth-order valence-corrected chi connectivity index (χ4v) is 4.35. The maximum Gasteiger partial charge on any atom is 0.323 e. The summed E-state index contributed by atoms with van der Waals surface area (Å²) in [6.07, 6.45) is -0.0634. The number of hydrogen-bond donors (Lipinski definition) is 3. The Morgan fingerprint density at radius 1 is 1.11 bits per heavy atom. The van der Waals surface area contributed by atoms with Gasteiger partial charge in [-0.15, -0.1) is 0 Å². The highest BCUT2D eigenvalue weighted by atomic mass is 16.7. The fourth-order valence-electron chi connectivity index (χ4n) is 4.35. The van der Waals surface area contributed by atoms with E-state index in [-0.39, 0.29) is 43.8 Å². The molecule has 0 saturated carbocycles. The van der Waals surface area contributed by atoms with E-state index in [1.165, 1.54) is 0 Å². The Balaban J connectivity index is 1.54. The third-order valence-electron chi connectivity index (χ3n) is 6.35. The van der Waals surface area contributed by atoms with Crippen LogP contribution in [0, 0.1) is 5.92 Å². The summed E-state index contributed by atoms with van der Waals surface area (Å²) in [4.78, 5) is 29.7. The molecule has 0 unspecified atom stereocenters. The van der Waals surface area contributed by atoms with Crippen molar-refractivity contribution in [2.45, 2.75) is 32.4 Å². The lowest BCUT2D eigenvalue weighted by Crippen LogP contribution is -2.47. The number of amides is 3. The van der Waals surface area contributed by atoms with Gasteiger partial charge in [-0.25, -0.2) is 4.79 Å². The van der Waals surface area contributed by atoms with Crippen molar-refractivity contribution in [1.29, 1.82) is 0 Å². The number of carbonyl (C=O) groups is 2. The van der Waals surface area contributed by atoms with Crippen LogP contribution < -0.4 is 24.8 Å². The van der Waals surface area contributed by atoms with Crippen LogP contribution in [0.2, 0.25) is 0 Å². The Kier molecular flexibility index (Phi) is 7.85. The number of urea groups is 1. The van der Waals surface area contributed by atoms with Crippen LogP contribution in [0.15, 0.2) is 36.4 Å². The van der Waals surface area contributed by atoms with Crippen LogP contribution in [-0.2, 0) is 11.2 Å². The minimum absolute atomic E-state index is 0.0431. The molecular weight excluding hydrogens is 464 g/mol. The van der Waals surface area contributed by atoms with Gasteiger partial charge in [-0.2, -0.15) is 0 Å². The van der Waals surface area contributed by atoms with Crippen LogP contribution in [0.1, 0.15) is 19.4 Å². The molecule has 2 heterocycles. The predicted octanol–water partition coefficient (Wildman–Crippen LogP) is 2.77. The first-order chi connectivity index (χ1) is 17.2. The first-order valence-corrected chi connectivity index (χ1v) is 12.1. The van der Waals surface area contributed by atoms with E-state index in [1.807, 2.05) is 21.0 Å². The molecule has 0 aliphatic carbocycles. The zero-order chi connectivity index (χ0) is 25.8. The van der Waals surface area contributed by atoms with Crippen LogP contribution in [-0.4, -0.2) is 79.6 Å². The monoisotopic (exact) mass is 498 g/mol. The molecule has 2 aromatic carbocycles. The van der Waals surface area contributed by atoms with E-state index >= 15 is 0 Å². The molecule has 0 fully saturated rings. The van der Waals surface area contributed by atoms with E-state index in [4.69, 9.17) is 14.2 Å². The summed E-state index contributed by atoms with van der Waals surface area (Å²) in [5, 5.41) is 15.3. The molecule has 10 heteroatoms. The highest BCUT2D eigenvalue weighted by Crippen LogP contribution is 2.34. The minimum atomic E-state index is -0.432. The normalized spacial score (nSPS) is 20.1. The van der Waals surface area contributed by atoms with Crippen LogP contribution in [0.4, 0.5) is 16.2 Å². The van der Waals surface area contributed by atoms with Gasteiger partial charge in [0.05, 0.1) is 19.1 Å². The molecule has 4 rings (SSSR count). The lowest BCUT2D eigenvalue weighted by Gasteiger charge is -2.33. The third kappa shape index (κ3) is 6.00. The molecule has 2 aliphatic heterocycles. The molecule has 3 N–H and O–H groups in total. The van der Waals surface area contributed by atoms with Gasteiger partial charge in [-0.05, 0) is 51.4 Å². The smallest absolute Gasteiger partial charge is 0.323 e. The molecule has 3 atom stereocenters. The molecule has 0 spiro atoms. The average Bonchev–Trinajstić information content (AvgIpc) is 3.31. The number of anilines is 2. The first-order valence-electron chi connectivity index (χ1n) is 12.1. The number of benzene rings is 2. The van der Waals surface area contributed by atoms with E-state index < -0.39 is 6.03 Å². The van der Waals surface area contributed by atoms with Gasteiger partial charge in [-0.1, -0.05) is 6.92 Å². The number of nitrogens with one attached hydrogen (secondary N) is 2. The predicted molar refractivity (Wildman–Crippen MR) is 136 cm³/mol. The Labute approximate surface area is 211 Å². The number of likely N-dealkylation sites (N-methyl/N-ethyl adjacent to an activating group) is 1. The summed E-state index contributed by atoms with van der Waals surface area (Å²) in [5.74, 6) is 1.77. The van der Waals surface area contributed by atoms with Gasteiger partial charge in [0.1, 0.15) is 11.9 Å². The van der Waals surface area contributed by atoms with Gasteiger partial charge in [0.15, 0.2) is 11.5 Å².